The third-order valence-electron chi connectivity index (χ3n) is 4.37. The fourth-order valence-electron chi connectivity index (χ4n) is 3.38. The lowest BCUT2D eigenvalue weighted by molar-refractivity contribution is -0.129. The van der Waals surface area contributed by atoms with Crippen molar-refractivity contribution in [3.05, 3.63) is 20.8 Å². The molecule has 6 heteroatoms. The quantitative estimate of drug-likeness (QED) is 0.824. The second kappa shape index (κ2) is 5.15. The first-order valence-corrected chi connectivity index (χ1v) is 8.55. The zero-order chi connectivity index (χ0) is 14.3. The van der Waals surface area contributed by atoms with Gasteiger partial charge in [0.25, 0.3) is 5.91 Å². The minimum absolute atomic E-state index is 0.110. The molecule has 2 aliphatic rings. The summed E-state index contributed by atoms with van der Waals surface area (Å²) in [4.78, 5) is 27.4. The van der Waals surface area contributed by atoms with Crippen molar-refractivity contribution in [3.63, 3.8) is 0 Å². The van der Waals surface area contributed by atoms with E-state index in [-0.39, 0.29) is 11.9 Å². The van der Waals surface area contributed by atoms with Gasteiger partial charge in [-0.15, -0.1) is 11.3 Å². The highest BCUT2D eigenvalue weighted by Crippen LogP contribution is 2.41. The van der Waals surface area contributed by atoms with E-state index in [0.717, 1.165) is 35.0 Å². The Morgan fingerprint density at radius 2 is 2.35 bits per heavy atom. The highest BCUT2D eigenvalue weighted by Gasteiger charge is 2.54. The van der Waals surface area contributed by atoms with Crippen LogP contribution in [0.1, 0.15) is 37.5 Å². The second-order valence-electron chi connectivity index (χ2n) is 5.77. The Morgan fingerprint density at radius 3 is 3.00 bits per heavy atom. The van der Waals surface area contributed by atoms with Crippen LogP contribution in [0.5, 0.6) is 0 Å². The van der Waals surface area contributed by atoms with Crippen LogP contribution in [0.25, 0.3) is 0 Å². The molecule has 1 saturated carbocycles. The number of amides is 3. The van der Waals surface area contributed by atoms with Crippen LogP contribution in [-0.4, -0.2) is 22.4 Å². The van der Waals surface area contributed by atoms with Crippen LogP contribution in [-0.2, 0) is 11.3 Å². The maximum Gasteiger partial charge on any atom is 0.325 e. The van der Waals surface area contributed by atoms with Gasteiger partial charge < -0.3 is 4.90 Å². The second-order valence-corrected chi connectivity index (χ2v) is 7.63. The Kier molecular flexibility index (Phi) is 3.62. The molecule has 1 saturated heterocycles. The van der Waals surface area contributed by atoms with Gasteiger partial charge in [0, 0.05) is 9.35 Å². The van der Waals surface area contributed by atoms with Gasteiger partial charge in [0.2, 0.25) is 0 Å². The molecule has 2 unspecified atom stereocenters. The van der Waals surface area contributed by atoms with Crippen molar-refractivity contribution < 1.29 is 9.59 Å². The number of rotatable bonds is 2. The fourth-order valence-corrected chi connectivity index (χ4v) is 4.84. The van der Waals surface area contributed by atoms with Gasteiger partial charge in [-0.3, -0.25) is 10.1 Å². The number of urea groups is 1. The van der Waals surface area contributed by atoms with Gasteiger partial charge in [0.1, 0.15) is 5.54 Å². The smallest absolute Gasteiger partial charge is 0.305 e. The Morgan fingerprint density at radius 1 is 1.55 bits per heavy atom. The topological polar surface area (TPSA) is 49.4 Å². The molecule has 1 aliphatic carbocycles. The lowest BCUT2D eigenvalue weighted by atomic mass is 9.75. The summed E-state index contributed by atoms with van der Waals surface area (Å²) in [7, 11) is 0. The average molecular weight is 357 g/mol. The van der Waals surface area contributed by atoms with Crippen LogP contribution in [0.15, 0.2) is 15.9 Å². The van der Waals surface area contributed by atoms with Gasteiger partial charge >= 0.3 is 6.03 Å². The van der Waals surface area contributed by atoms with Crippen molar-refractivity contribution in [3.8, 4) is 0 Å². The van der Waals surface area contributed by atoms with Crippen LogP contribution in [0, 0.1) is 5.92 Å². The molecule has 2 fully saturated rings. The Bertz CT molecular complexity index is 559. The number of thiophene rings is 1. The third kappa shape index (κ3) is 2.19. The molecule has 0 radical (unpaired) electrons. The molecule has 4 nitrogen and oxygen atoms in total. The maximum atomic E-state index is 12.3. The number of halogens is 1. The molecule has 1 spiro atoms. The first-order valence-electron chi connectivity index (χ1n) is 6.88. The van der Waals surface area contributed by atoms with Gasteiger partial charge in [-0.05, 0) is 46.1 Å². The van der Waals surface area contributed by atoms with Crippen molar-refractivity contribution >= 4 is 39.2 Å². The van der Waals surface area contributed by atoms with E-state index in [1.165, 1.54) is 0 Å². The Hall–Kier alpha value is -0.880. The number of nitrogens with zero attached hydrogens (tertiary/aromatic N) is 1. The largest absolute Gasteiger partial charge is 0.325 e. The highest BCUT2D eigenvalue weighted by molar-refractivity contribution is 9.10. The van der Waals surface area contributed by atoms with Gasteiger partial charge in [0.15, 0.2) is 0 Å². The SMILES string of the molecule is CC1CCCC2(C1)C(=O)NC(=O)N2Cc1sccc1Br. The van der Waals surface area contributed by atoms with E-state index in [1.807, 2.05) is 11.4 Å². The molecule has 108 valence electrons. The molecular formula is C14H17BrN2O2S. The minimum Gasteiger partial charge on any atom is -0.305 e. The van der Waals surface area contributed by atoms with E-state index in [0.29, 0.717) is 12.5 Å². The number of nitrogens with one attached hydrogen (secondary N) is 1. The van der Waals surface area contributed by atoms with Crippen molar-refractivity contribution in [1.82, 2.24) is 10.2 Å². The van der Waals surface area contributed by atoms with Crippen LogP contribution in [0.4, 0.5) is 4.79 Å². The summed E-state index contributed by atoms with van der Waals surface area (Å²) in [6.45, 7) is 2.67. The summed E-state index contributed by atoms with van der Waals surface area (Å²) in [6.07, 6.45) is 3.69. The van der Waals surface area contributed by atoms with Crippen LogP contribution in [0.2, 0.25) is 0 Å². The van der Waals surface area contributed by atoms with Crippen LogP contribution >= 0.6 is 27.3 Å². The Balaban J connectivity index is 1.92. The standard InChI is InChI=1S/C14H17BrN2O2S/c1-9-3-2-5-14(7-9)12(18)16-13(19)17(14)8-11-10(15)4-6-20-11/h4,6,9H,2-3,5,7-8H2,1H3,(H,16,18,19). The number of hydrogen-bond donors (Lipinski definition) is 1. The summed E-state index contributed by atoms with van der Waals surface area (Å²) in [5.74, 6) is 0.372. The molecule has 3 amide bonds. The molecule has 0 aromatic carbocycles. The molecule has 1 aromatic heterocycles. The van der Waals surface area contributed by atoms with Crippen molar-refractivity contribution in [2.45, 2.75) is 44.7 Å². The predicted molar refractivity (Wildman–Crippen MR) is 81.5 cm³/mol. The third-order valence-corrected chi connectivity index (χ3v) is 6.28. The minimum atomic E-state index is -0.627. The van der Waals surface area contributed by atoms with Crippen LogP contribution < -0.4 is 5.32 Å². The molecule has 2 heterocycles. The van der Waals surface area contributed by atoms with E-state index in [9.17, 15) is 9.59 Å². The van der Waals surface area contributed by atoms with Crippen molar-refractivity contribution in [1.29, 1.82) is 0 Å². The zero-order valence-electron chi connectivity index (χ0n) is 11.3. The van der Waals surface area contributed by atoms with E-state index in [4.69, 9.17) is 0 Å². The molecule has 1 aliphatic heterocycles. The number of carbonyl (C=O) groups excluding carboxylic acids is 2. The Labute approximate surface area is 130 Å². The summed E-state index contributed by atoms with van der Waals surface area (Å²) in [5.41, 5.74) is -0.627. The summed E-state index contributed by atoms with van der Waals surface area (Å²) in [6, 6.07) is 1.73. The molecule has 3 rings (SSSR count). The first kappa shape index (κ1) is 14.1. The maximum absolute atomic E-state index is 12.3. The van der Waals surface area contributed by atoms with E-state index < -0.39 is 5.54 Å². The van der Waals surface area contributed by atoms with E-state index in [2.05, 4.69) is 28.2 Å². The van der Waals surface area contributed by atoms with E-state index >= 15 is 0 Å². The fraction of sp³-hybridized carbons (Fsp3) is 0.571. The lowest BCUT2D eigenvalue weighted by Gasteiger charge is -2.40. The van der Waals surface area contributed by atoms with Crippen molar-refractivity contribution in [2.75, 3.05) is 0 Å². The van der Waals surface area contributed by atoms with Crippen molar-refractivity contribution in [2.24, 2.45) is 5.92 Å². The molecule has 1 N–H and O–H groups in total. The zero-order valence-corrected chi connectivity index (χ0v) is 13.7. The number of hydrogen-bond acceptors (Lipinski definition) is 3. The van der Waals surface area contributed by atoms with Gasteiger partial charge in [-0.2, -0.15) is 0 Å². The highest BCUT2D eigenvalue weighted by atomic mass is 79.9. The summed E-state index contributed by atoms with van der Waals surface area (Å²) < 4.78 is 1.01. The van der Waals surface area contributed by atoms with Gasteiger partial charge in [0.05, 0.1) is 6.54 Å². The average Bonchev–Trinajstić information content (AvgIpc) is 2.88. The number of imide groups is 1. The van der Waals surface area contributed by atoms with Gasteiger partial charge in [-0.1, -0.05) is 19.8 Å². The van der Waals surface area contributed by atoms with Crippen LogP contribution in [0.3, 0.4) is 0 Å². The number of carbonyl (C=O) groups is 2. The molecule has 0 bridgehead atoms. The predicted octanol–water partition coefficient (Wildman–Crippen LogP) is 3.51. The summed E-state index contributed by atoms with van der Waals surface area (Å²) >= 11 is 5.11. The molecule has 20 heavy (non-hydrogen) atoms. The molecule has 2 atom stereocenters. The van der Waals surface area contributed by atoms with Gasteiger partial charge in [-0.25, -0.2) is 4.79 Å². The lowest BCUT2D eigenvalue weighted by Crippen LogP contribution is -2.52. The van der Waals surface area contributed by atoms with E-state index in [1.54, 1.807) is 16.2 Å². The normalized spacial score (nSPS) is 30.1. The molecule has 1 aromatic rings. The monoisotopic (exact) mass is 356 g/mol. The molecular weight excluding hydrogens is 340 g/mol. The summed E-state index contributed by atoms with van der Waals surface area (Å²) in [5, 5.41) is 4.51. The first-order chi connectivity index (χ1) is 9.53.